The minimum atomic E-state index is -0.150. The molecule has 0 aliphatic carbocycles. The molecular formula is C18H20ClNO2. The van der Waals surface area contributed by atoms with E-state index in [0.29, 0.717) is 5.02 Å². The molecule has 0 unspecified atom stereocenters. The third kappa shape index (κ3) is 4.50. The first kappa shape index (κ1) is 16.4. The molecule has 0 aliphatic heterocycles. The van der Waals surface area contributed by atoms with Crippen LogP contribution in [0.25, 0.3) is 0 Å². The zero-order chi connectivity index (χ0) is 16.1. The Kier molecular flexibility index (Phi) is 5.45. The lowest BCUT2D eigenvalue weighted by Crippen LogP contribution is -2.31. The van der Waals surface area contributed by atoms with Crippen LogP contribution >= 0.6 is 11.6 Å². The number of nitrogens with one attached hydrogen (secondary N) is 1. The van der Waals surface area contributed by atoms with E-state index >= 15 is 0 Å². The van der Waals surface area contributed by atoms with Crippen LogP contribution in [-0.4, -0.2) is 12.5 Å². The lowest BCUT2D eigenvalue weighted by Gasteiger charge is -2.15. The largest absolute Gasteiger partial charge is 0.483 e. The quantitative estimate of drug-likeness (QED) is 0.897. The molecule has 0 aliphatic rings. The van der Waals surface area contributed by atoms with Crippen LogP contribution in [0.1, 0.15) is 29.7 Å². The molecule has 0 spiro atoms. The molecule has 0 bridgehead atoms. The van der Waals surface area contributed by atoms with Gasteiger partial charge >= 0.3 is 0 Å². The first-order chi connectivity index (χ1) is 10.5. The molecule has 2 aromatic carbocycles. The summed E-state index contributed by atoms with van der Waals surface area (Å²) in [6.45, 7) is 5.89. The van der Waals surface area contributed by atoms with Crippen LogP contribution in [0.15, 0.2) is 42.5 Å². The van der Waals surface area contributed by atoms with Gasteiger partial charge in [0.15, 0.2) is 6.61 Å². The maximum atomic E-state index is 12.0. The minimum Gasteiger partial charge on any atom is -0.483 e. The van der Waals surface area contributed by atoms with Gasteiger partial charge in [-0.05, 0) is 55.7 Å². The van der Waals surface area contributed by atoms with E-state index in [1.807, 2.05) is 63.2 Å². The van der Waals surface area contributed by atoms with Crippen molar-refractivity contribution in [2.75, 3.05) is 6.61 Å². The minimum absolute atomic E-state index is 0.00221. The number of aryl methyl sites for hydroxylation is 2. The molecule has 2 rings (SSSR count). The van der Waals surface area contributed by atoms with E-state index in [0.717, 1.165) is 22.4 Å². The van der Waals surface area contributed by atoms with Crippen molar-refractivity contribution in [3.63, 3.8) is 0 Å². The van der Waals surface area contributed by atoms with Gasteiger partial charge < -0.3 is 10.1 Å². The topological polar surface area (TPSA) is 38.3 Å². The third-order valence-corrected chi connectivity index (χ3v) is 3.70. The molecule has 4 heteroatoms. The van der Waals surface area contributed by atoms with Gasteiger partial charge in [-0.25, -0.2) is 0 Å². The predicted octanol–water partition coefficient (Wildman–Crippen LogP) is 4.21. The van der Waals surface area contributed by atoms with Gasteiger partial charge in [0.2, 0.25) is 0 Å². The number of carbonyl (C=O) groups excluding carboxylic acids is 1. The van der Waals surface area contributed by atoms with E-state index in [-0.39, 0.29) is 18.6 Å². The fraction of sp³-hybridized carbons (Fsp3) is 0.278. The van der Waals surface area contributed by atoms with E-state index in [9.17, 15) is 4.79 Å². The number of rotatable bonds is 5. The normalized spacial score (nSPS) is 11.8. The molecule has 22 heavy (non-hydrogen) atoms. The van der Waals surface area contributed by atoms with Crippen LogP contribution in [0.2, 0.25) is 5.02 Å². The molecule has 0 radical (unpaired) electrons. The number of halogens is 1. The van der Waals surface area contributed by atoms with Gasteiger partial charge in [-0.1, -0.05) is 35.9 Å². The van der Waals surface area contributed by atoms with E-state index in [4.69, 9.17) is 16.3 Å². The van der Waals surface area contributed by atoms with Gasteiger partial charge in [0.1, 0.15) is 5.75 Å². The van der Waals surface area contributed by atoms with Crippen molar-refractivity contribution in [1.29, 1.82) is 0 Å². The lowest BCUT2D eigenvalue weighted by atomic mass is 10.1. The van der Waals surface area contributed by atoms with Gasteiger partial charge in [0, 0.05) is 5.02 Å². The van der Waals surface area contributed by atoms with Crippen molar-refractivity contribution in [3.05, 3.63) is 64.2 Å². The summed E-state index contributed by atoms with van der Waals surface area (Å²) < 4.78 is 5.60. The van der Waals surface area contributed by atoms with Gasteiger partial charge in [0.25, 0.3) is 5.91 Å². The molecule has 1 atom stereocenters. The van der Waals surface area contributed by atoms with E-state index in [2.05, 4.69) is 5.32 Å². The molecule has 0 saturated heterocycles. The van der Waals surface area contributed by atoms with Crippen molar-refractivity contribution >= 4 is 17.5 Å². The Bertz CT molecular complexity index is 653. The summed E-state index contributed by atoms with van der Waals surface area (Å²) in [7, 11) is 0. The highest BCUT2D eigenvalue weighted by molar-refractivity contribution is 6.30. The van der Waals surface area contributed by atoms with Crippen LogP contribution in [0, 0.1) is 13.8 Å². The summed E-state index contributed by atoms with van der Waals surface area (Å²) in [6, 6.07) is 13.3. The first-order valence-corrected chi connectivity index (χ1v) is 7.58. The van der Waals surface area contributed by atoms with Gasteiger partial charge in [-0.2, -0.15) is 0 Å². The highest BCUT2D eigenvalue weighted by Gasteiger charge is 2.10. The monoisotopic (exact) mass is 317 g/mol. The highest BCUT2D eigenvalue weighted by atomic mass is 35.5. The smallest absolute Gasteiger partial charge is 0.258 e. The Morgan fingerprint density at radius 3 is 2.55 bits per heavy atom. The second-order valence-electron chi connectivity index (χ2n) is 5.40. The summed E-state index contributed by atoms with van der Waals surface area (Å²) >= 11 is 5.86. The molecule has 0 saturated carbocycles. The fourth-order valence-electron chi connectivity index (χ4n) is 2.12. The molecule has 116 valence electrons. The maximum Gasteiger partial charge on any atom is 0.258 e. The number of hydrogen-bond acceptors (Lipinski definition) is 2. The second-order valence-corrected chi connectivity index (χ2v) is 5.83. The Morgan fingerprint density at radius 2 is 1.86 bits per heavy atom. The molecule has 1 amide bonds. The summed E-state index contributed by atoms with van der Waals surface area (Å²) in [5.41, 5.74) is 3.13. The van der Waals surface area contributed by atoms with Crippen molar-refractivity contribution in [1.82, 2.24) is 5.32 Å². The number of carbonyl (C=O) groups is 1. The van der Waals surface area contributed by atoms with Crippen LogP contribution in [0.3, 0.4) is 0 Å². The zero-order valence-corrected chi connectivity index (χ0v) is 13.8. The summed E-state index contributed by atoms with van der Waals surface area (Å²) in [5.74, 6) is 0.595. The Balaban J connectivity index is 1.90. The number of hydrogen-bond donors (Lipinski definition) is 1. The number of amides is 1. The molecule has 1 N–H and O–H groups in total. The average Bonchev–Trinajstić information content (AvgIpc) is 2.49. The van der Waals surface area contributed by atoms with E-state index in [1.165, 1.54) is 0 Å². The summed E-state index contributed by atoms with van der Waals surface area (Å²) in [5, 5.41) is 3.59. The van der Waals surface area contributed by atoms with Crippen molar-refractivity contribution in [3.8, 4) is 5.75 Å². The summed E-state index contributed by atoms with van der Waals surface area (Å²) in [4.78, 5) is 12.0. The molecule has 3 nitrogen and oxygen atoms in total. The summed E-state index contributed by atoms with van der Waals surface area (Å²) in [6.07, 6.45) is 0. The third-order valence-electron chi connectivity index (χ3n) is 3.45. The van der Waals surface area contributed by atoms with Gasteiger partial charge in [0.05, 0.1) is 6.04 Å². The number of ether oxygens (including phenoxy) is 1. The van der Waals surface area contributed by atoms with Crippen molar-refractivity contribution in [2.45, 2.75) is 26.8 Å². The van der Waals surface area contributed by atoms with Crippen LogP contribution in [0.4, 0.5) is 0 Å². The molecule has 0 fully saturated rings. The van der Waals surface area contributed by atoms with Crippen LogP contribution in [0.5, 0.6) is 5.75 Å². The van der Waals surface area contributed by atoms with Crippen molar-refractivity contribution in [2.24, 2.45) is 0 Å². The van der Waals surface area contributed by atoms with Gasteiger partial charge in [-0.3, -0.25) is 4.79 Å². The Labute approximate surface area is 136 Å². The van der Waals surface area contributed by atoms with E-state index < -0.39 is 0 Å². The van der Waals surface area contributed by atoms with E-state index in [1.54, 1.807) is 0 Å². The van der Waals surface area contributed by atoms with Gasteiger partial charge in [-0.15, -0.1) is 0 Å². The molecular weight excluding hydrogens is 298 g/mol. The lowest BCUT2D eigenvalue weighted by molar-refractivity contribution is -0.123. The predicted molar refractivity (Wildman–Crippen MR) is 89.4 cm³/mol. The Hall–Kier alpha value is -2.00. The van der Waals surface area contributed by atoms with Crippen LogP contribution in [-0.2, 0) is 4.79 Å². The number of benzene rings is 2. The maximum absolute atomic E-state index is 12.0. The fourth-order valence-corrected chi connectivity index (χ4v) is 2.25. The molecule has 0 heterocycles. The molecule has 0 aromatic heterocycles. The SMILES string of the molecule is Cc1ccc(C)c(OCC(=O)N[C@@H](C)c2ccc(Cl)cc2)c1. The van der Waals surface area contributed by atoms with Crippen LogP contribution < -0.4 is 10.1 Å². The Morgan fingerprint density at radius 1 is 1.18 bits per heavy atom. The highest BCUT2D eigenvalue weighted by Crippen LogP contribution is 2.19. The standard InChI is InChI=1S/C18H20ClNO2/c1-12-4-5-13(2)17(10-12)22-11-18(21)20-14(3)15-6-8-16(19)9-7-15/h4-10,14H,11H2,1-3H3,(H,20,21)/t14-/m0/s1. The van der Waals surface area contributed by atoms with Crippen molar-refractivity contribution < 1.29 is 9.53 Å². The zero-order valence-electron chi connectivity index (χ0n) is 13.0. The molecule has 2 aromatic rings. The first-order valence-electron chi connectivity index (χ1n) is 7.20. The second kappa shape index (κ2) is 7.32. The average molecular weight is 318 g/mol.